The van der Waals surface area contributed by atoms with Crippen LogP contribution in [0.3, 0.4) is 0 Å². The summed E-state index contributed by atoms with van der Waals surface area (Å²) in [6, 6.07) is 13.9. The minimum atomic E-state index is 0.518. The van der Waals surface area contributed by atoms with E-state index < -0.39 is 0 Å². The Bertz CT molecular complexity index is 609. The second-order valence-corrected chi connectivity index (χ2v) is 5.65. The topological polar surface area (TPSA) is 23.8 Å². The summed E-state index contributed by atoms with van der Waals surface area (Å²) in [6.07, 6.45) is 2.00. The van der Waals surface area contributed by atoms with Gasteiger partial charge in [0.1, 0.15) is 6.07 Å². The van der Waals surface area contributed by atoms with Gasteiger partial charge in [0, 0.05) is 15.3 Å². The third kappa shape index (κ3) is 2.62. The number of allylic oxidation sites excluding steroid dienone is 1. The van der Waals surface area contributed by atoms with Gasteiger partial charge in [0.25, 0.3) is 0 Å². The van der Waals surface area contributed by atoms with Crippen molar-refractivity contribution in [2.45, 2.75) is 4.90 Å². The van der Waals surface area contributed by atoms with Crippen molar-refractivity contribution in [2.75, 3.05) is 6.26 Å². The molecule has 0 saturated carbocycles. The molecule has 2 rings (SSSR count). The van der Waals surface area contributed by atoms with Crippen LogP contribution in [0.2, 0.25) is 0 Å². The maximum Gasteiger partial charge on any atom is 0.102 e. The first-order valence-corrected chi connectivity index (χ1v) is 7.73. The third-order valence-electron chi connectivity index (χ3n) is 2.44. The normalized spacial score (nSPS) is 11.8. The Morgan fingerprint density at radius 3 is 2.67 bits per heavy atom. The van der Waals surface area contributed by atoms with Crippen molar-refractivity contribution in [3.05, 3.63) is 52.2 Å². The van der Waals surface area contributed by atoms with Gasteiger partial charge in [-0.25, -0.2) is 0 Å². The van der Waals surface area contributed by atoms with E-state index in [1.165, 1.54) is 11.3 Å². The molecule has 4 heteroatoms. The van der Waals surface area contributed by atoms with E-state index in [0.717, 1.165) is 15.3 Å². The van der Waals surface area contributed by atoms with Crippen LogP contribution in [-0.2, 0) is 0 Å². The van der Waals surface area contributed by atoms with Crippen LogP contribution >= 0.6 is 34.7 Å². The van der Waals surface area contributed by atoms with Gasteiger partial charge in [-0.05, 0) is 23.8 Å². The predicted octanol–water partition coefficient (Wildman–Crippen LogP) is 5.10. The fourth-order valence-electron chi connectivity index (χ4n) is 1.59. The van der Waals surface area contributed by atoms with Gasteiger partial charge in [-0.3, -0.25) is 0 Å². The van der Waals surface area contributed by atoms with E-state index in [1.54, 1.807) is 11.8 Å². The van der Waals surface area contributed by atoms with E-state index in [2.05, 4.69) is 6.07 Å². The van der Waals surface area contributed by atoms with E-state index >= 15 is 0 Å². The van der Waals surface area contributed by atoms with E-state index in [4.69, 9.17) is 11.6 Å². The molecule has 0 aliphatic carbocycles. The molecule has 90 valence electrons. The Morgan fingerprint density at radius 1 is 1.28 bits per heavy atom. The summed E-state index contributed by atoms with van der Waals surface area (Å²) < 4.78 is 0. The van der Waals surface area contributed by atoms with E-state index in [9.17, 15) is 5.26 Å². The van der Waals surface area contributed by atoms with Crippen molar-refractivity contribution in [3.63, 3.8) is 0 Å². The Labute approximate surface area is 120 Å². The summed E-state index contributed by atoms with van der Waals surface area (Å²) in [5, 5.41) is 11.8. The van der Waals surface area contributed by atoms with Crippen molar-refractivity contribution in [3.8, 4) is 6.07 Å². The molecule has 0 aliphatic rings. The van der Waals surface area contributed by atoms with Crippen LogP contribution in [0.1, 0.15) is 10.4 Å². The first kappa shape index (κ1) is 13.2. The molecule has 1 heterocycles. The second-order valence-electron chi connectivity index (χ2n) is 3.48. The van der Waals surface area contributed by atoms with Gasteiger partial charge >= 0.3 is 0 Å². The smallest absolute Gasteiger partial charge is 0.102 e. The monoisotopic (exact) mass is 291 g/mol. The van der Waals surface area contributed by atoms with Crippen LogP contribution in [0.15, 0.2) is 46.7 Å². The zero-order valence-corrected chi connectivity index (χ0v) is 12.1. The Morgan fingerprint density at radius 2 is 2.06 bits per heavy atom. The lowest BCUT2D eigenvalue weighted by Gasteiger charge is -2.07. The molecule has 1 aromatic heterocycles. The summed E-state index contributed by atoms with van der Waals surface area (Å²) in [6.45, 7) is 0. The lowest BCUT2D eigenvalue weighted by atomic mass is 10.1. The summed E-state index contributed by atoms with van der Waals surface area (Å²) in [7, 11) is 0. The molecular formula is C14H10ClNS2. The van der Waals surface area contributed by atoms with E-state index in [-0.39, 0.29) is 0 Å². The highest BCUT2D eigenvalue weighted by molar-refractivity contribution is 7.98. The highest BCUT2D eigenvalue weighted by atomic mass is 35.5. The highest BCUT2D eigenvalue weighted by Gasteiger charge is 2.12. The van der Waals surface area contributed by atoms with E-state index in [1.807, 2.05) is 48.0 Å². The zero-order valence-electron chi connectivity index (χ0n) is 9.68. The van der Waals surface area contributed by atoms with Crippen LogP contribution in [0.25, 0.3) is 10.6 Å². The summed E-state index contributed by atoms with van der Waals surface area (Å²) in [5.41, 5.74) is 1.45. The number of hydrogen-bond acceptors (Lipinski definition) is 3. The van der Waals surface area contributed by atoms with Crippen molar-refractivity contribution in [1.82, 2.24) is 0 Å². The van der Waals surface area contributed by atoms with Gasteiger partial charge in [0.2, 0.25) is 0 Å². The van der Waals surface area contributed by atoms with Crippen LogP contribution in [0, 0.1) is 11.3 Å². The fourth-order valence-corrected chi connectivity index (χ4v) is 3.35. The number of hydrogen-bond donors (Lipinski definition) is 0. The van der Waals surface area contributed by atoms with Gasteiger partial charge in [0.15, 0.2) is 0 Å². The molecule has 1 aromatic carbocycles. The Balaban J connectivity index is 2.58. The van der Waals surface area contributed by atoms with Gasteiger partial charge in [-0.1, -0.05) is 35.9 Å². The highest BCUT2D eigenvalue weighted by Crippen LogP contribution is 2.35. The van der Waals surface area contributed by atoms with Gasteiger partial charge < -0.3 is 0 Å². The molecule has 0 aliphatic heterocycles. The molecule has 2 aromatic rings. The SMILES string of the molecule is CSc1ccccc1C(Cl)=C(C#N)c1cccs1. The number of halogens is 1. The molecule has 0 amide bonds. The quantitative estimate of drug-likeness (QED) is 0.580. The molecule has 0 bridgehead atoms. The number of nitrogens with zero attached hydrogens (tertiary/aromatic N) is 1. The minimum Gasteiger partial charge on any atom is -0.192 e. The molecule has 0 radical (unpaired) electrons. The van der Waals surface area contributed by atoms with Crippen LogP contribution in [-0.4, -0.2) is 6.26 Å². The van der Waals surface area contributed by atoms with Crippen LogP contribution in [0.5, 0.6) is 0 Å². The lowest BCUT2D eigenvalue weighted by Crippen LogP contribution is -1.86. The summed E-state index contributed by atoms with van der Waals surface area (Å²) in [5.74, 6) is 0. The van der Waals surface area contributed by atoms with E-state index in [0.29, 0.717) is 10.6 Å². The maximum absolute atomic E-state index is 9.30. The molecule has 0 N–H and O–H groups in total. The summed E-state index contributed by atoms with van der Waals surface area (Å²) in [4.78, 5) is 1.98. The molecule has 0 saturated heterocycles. The molecule has 0 spiro atoms. The van der Waals surface area contributed by atoms with Crippen LogP contribution < -0.4 is 0 Å². The average Bonchev–Trinajstić information content (AvgIpc) is 2.93. The molecule has 0 atom stereocenters. The van der Waals surface area contributed by atoms with Gasteiger partial charge in [-0.15, -0.1) is 23.1 Å². The third-order valence-corrected chi connectivity index (χ3v) is 4.52. The van der Waals surface area contributed by atoms with Gasteiger partial charge in [-0.2, -0.15) is 5.26 Å². The first-order valence-electron chi connectivity index (χ1n) is 5.25. The van der Waals surface area contributed by atoms with Crippen molar-refractivity contribution >= 4 is 45.3 Å². The molecule has 0 unspecified atom stereocenters. The van der Waals surface area contributed by atoms with Crippen molar-refractivity contribution in [2.24, 2.45) is 0 Å². The molecule has 0 fully saturated rings. The Hall–Kier alpha value is -1.21. The van der Waals surface area contributed by atoms with Crippen LogP contribution in [0.4, 0.5) is 0 Å². The minimum absolute atomic E-state index is 0.518. The second kappa shape index (κ2) is 6.10. The summed E-state index contributed by atoms with van der Waals surface area (Å²) >= 11 is 9.54. The standard InChI is InChI=1S/C14H10ClNS2/c1-17-12-6-3-2-5-10(12)14(15)11(9-16)13-7-4-8-18-13/h2-8H,1H3. The molecular weight excluding hydrogens is 282 g/mol. The number of benzene rings is 1. The molecule has 1 nitrogen and oxygen atoms in total. The van der Waals surface area contributed by atoms with Crippen molar-refractivity contribution in [1.29, 1.82) is 5.26 Å². The number of rotatable bonds is 3. The first-order chi connectivity index (χ1) is 8.77. The zero-order chi connectivity index (χ0) is 13.0. The predicted molar refractivity (Wildman–Crippen MR) is 80.8 cm³/mol. The van der Waals surface area contributed by atoms with Crippen molar-refractivity contribution < 1.29 is 0 Å². The maximum atomic E-state index is 9.30. The largest absolute Gasteiger partial charge is 0.192 e. The molecule has 18 heavy (non-hydrogen) atoms. The number of thioether (sulfide) groups is 1. The number of thiophene rings is 1. The lowest BCUT2D eigenvalue weighted by molar-refractivity contribution is 1.42. The Kier molecular flexibility index (Phi) is 4.48. The number of nitriles is 1. The average molecular weight is 292 g/mol. The fraction of sp³-hybridized carbons (Fsp3) is 0.0714. The van der Waals surface area contributed by atoms with Gasteiger partial charge in [0.05, 0.1) is 10.6 Å².